The maximum absolute atomic E-state index is 13.8. The minimum Gasteiger partial charge on any atom is -0.492 e. The Balaban J connectivity index is 1.55. The molecule has 224 valence electrons. The summed E-state index contributed by atoms with van der Waals surface area (Å²) in [6, 6.07) is 27.3. The van der Waals surface area contributed by atoms with Crippen molar-refractivity contribution in [3.63, 3.8) is 0 Å². The molecule has 9 heteroatoms. The fraction of sp³-hybridized carbons (Fsp3) is 0.235. The molecule has 0 radical (unpaired) electrons. The van der Waals surface area contributed by atoms with E-state index in [0.29, 0.717) is 29.3 Å². The quantitative estimate of drug-likeness (QED) is 0.209. The summed E-state index contributed by atoms with van der Waals surface area (Å²) in [7, 11) is -4.13. The number of rotatable bonds is 10. The molecule has 4 rings (SSSR count). The molecule has 4 aromatic carbocycles. The topological polar surface area (TPSA) is 105 Å². The largest absolute Gasteiger partial charge is 0.492 e. The number of anilines is 3. The first-order valence-corrected chi connectivity index (χ1v) is 15.5. The number of carbonyl (C=O) groups is 2. The Kier molecular flexibility index (Phi) is 9.56. The van der Waals surface area contributed by atoms with E-state index < -0.39 is 22.5 Å². The van der Waals surface area contributed by atoms with Crippen molar-refractivity contribution >= 4 is 38.9 Å². The molecule has 0 unspecified atom stereocenters. The van der Waals surface area contributed by atoms with Crippen LogP contribution in [0.15, 0.2) is 102 Å². The summed E-state index contributed by atoms with van der Waals surface area (Å²) in [5.41, 5.74) is 3.64. The number of carbonyl (C=O) groups excluding carboxylic acids is 2. The summed E-state index contributed by atoms with van der Waals surface area (Å²) in [5.74, 6) is -0.510. The van der Waals surface area contributed by atoms with Gasteiger partial charge in [0.15, 0.2) is 0 Å². The van der Waals surface area contributed by atoms with Gasteiger partial charge in [0.2, 0.25) is 5.91 Å². The highest BCUT2D eigenvalue weighted by molar-refractivity contribution is 7.92. The fourth-order valence-corrected chi connectivity index (χ4v) is 5.84. The number of ether oxygens (including phenoxy) is 1. The second-order valence-corrected chi connectivity index (χ2v) is 13.0. The van der Waals surface area contributed by atoms with E-state index in [2.05, 4.69) is 31.4 Å². The third-order valence-electron chi connectivity index (χ3n) is 6.75. The van der Waals surface area contributed by atoms with Crippen LogP contribution in [-0.2, 0) is 20.2 Å². The van der Waals surface area contributed by atoms with Gasteiger partial charge in [-0.15, -0.1) is 0 Å². The highest BCUT2D eigenvalue weighted by Gasteiger charge is 2.29. The second-order valence-electron chi connectivity index (χ2n) is 11.1. The summed E-state index contributed by atoms with van der Waals surface area (Å²) >= 11 is 0. The molecule has 0 bridgehead atoms. The van der Waals surface area contributed by atoms with E-state index in [-0.39, 0.29) is 21.9 Å². The van der Waals surface area contributed by atoms with E-state index in [0.717, 1.165) is 15.4 Å². The van der Waals surface area contributed by atoms with Gasteiger partial charge in [0.05, 0.1) is 17.2 Å². The average molecular weight is 600 g/mol. The number of hydrogen-bond donors (Lipinski definition) is 2. The van der Waals surface area contributed by atoms with Crippen LogP contribution in [0.2, 0.25) is 0 Å². The summed E-state index contributed by atoms with van der Waals surface area (Å²) in [6.45, 7) is 9.81. The minimum absolute atomic E-state index is 0.0261. The lowest BCUT2D eigenvalue weighted by Gasteiger charge is -2.26. The van der Waals surface area contributed by atoms with E-state index in [1.54, 1.807) is 79.7 Å². The Bertz CT molecular complexity index is 1690. The number of sulfonamides is 1. The van der Waals surface area contributed by atoms with Gasteiger partial charge in [-0.3, -0.25) is 13.9 Å². The van der Waals surface area contributed by atoms with Crippen LogP contribution in [0, 0.1) is 6.92 Å². The summed E-state index contributed by atoms with van der Waals surface area (Å²) in [6.07, 6.45) is 0. The van der Waals surface area contributed by atoms with Crippen molar-refractivity contribution in [3.8, 4) is 5.75 Å². The van der Waals surface area contributed by atoms with Crippen LogP contribution in [0.4, 0.5) is 17.1 Å². The van der Waals surface area contributed by atoms with Crippen LogP contribution in [0.1, 0.15) is 49.2 Å². The van der Waals surface area contributed by atoms with Gasteiger partial charge < -0.3 is 15.4 Å². The number of hydrogen-bond acceptors (Lipinski definition) is 5. The number of amides is 2. The van der Waals surface area contributed by atoms with Gasteiger partial charge in [-0.05, 0) is 79.4 Å². The van der Waals surface area contributed by atoms with Crippen LogP contribution in [0.5, 0.6) is 5.75 Å². The zero-order valence-electron chi connectivity index (χ0n) is 25.0. The Labute approximate surface area is 253 Å². The van der Waals surface area contributed by atoms with Crippen LogP contribution in [0.25, 0.3) is 0 Å². The van der Waals surface area contributed by atoms with Gasteiger partial charge in [-0.1, -0.05) is 68.8 Å². The number of nitrogens with zero attached hydrogens (tertiary/aromatic N) is 1. The van der Waals surface area contributed by atoms with Crippen LogP contribution in [-0.4, -0.2) is 33.4 Å². The van der Waals surface area contributed by atoms with Gasteiger partial charge in [0, 0.05) is 16.9 Å². The third-order valence-corrected chi connectivity index (χ3v) is 8.52. The number of aryl methyl sites for hydroxylation is 1. The van der Waals surface area contributed by atoms with E-state index in [4.69, 9.17) is 4.74 Å². The Hall–Kier alpha value is -4.63. The van der Waals surface area contributed by atoms with Gasteiger partial charge in [-0.25, -0.2) is 8.42 Å². The zero-order valence-corrected chi connectivity index (χ0v) is 25.9. The lowest BCUT2D eigenvalue weighted by molar-refractivity contribution is -0.114. The molecule has 0 aliphatic carbocycles. The first kappa shape index (κ1) is 31.3. The predicted octanol–water partition coefficient (Wildman–Crippen LogP) is 6.78. The van der Waals surface area contributed by atoms with Crippen molar-refractivity contribution in [1.29, 1.82) is 0 Å². The molecule has 8 nitrogen and oxygen atoms in total. The van der Waals surface area contributed by atoms with E-state index >= 15 is 0 Å². The molecule has 0 aliphatic heterocycles. The second kappa shape index (κ2) is 13.1. The van der Waals surface area contributed by atoms with Crippen molar-refractivity contribution in [1.82, 2.24) is 0 Å². The Morgan fingerprint density at radius 3 is 2.07 bits per heavy atom. The summed E-state index contributed by atoms with van der Waals surface area (Å²) in [4.78, 5) is 26.3. The molecule has 0 saturated heterocycles. The summed E-state index contributed by atoms with van der Waals surface area (Å²) in [5, 5.41) is 5.62. The van der Waals surface area contributed by atoms with Gasteiger partial charge >= 0.3 is 0 Å². The minimum atomic E-state index is -4.13. The third kappa shape index (κ3) is 7.81. The molecule has 0 atom stereocenters. The molecule has 0 heterocycles. The zero-order chi connectivity index (χ0) is 31.2. The van der Waals surface area contributed by atoms with E-state index in [9.17, 15) is 18.0 Å². The van der Waals surface area contributed by atoms with E-state index in [1.807, 2.05) is 19.1 Å². The molecular weight excluding hydrogens is 562 g/mol. The van der Waals surface area contributed by atoms with Crippen molar-refractivity contribution < 1.29 is 22.7 Å². The first-order chi connectivity index (χ1) is 20.4. The molecular formula is C34H37N3O5S. The number of para-hydroxylation sites is 2. The lowest BCUT2D eigenvalue weighted by Crippen LogP contribution is -2.38. The van der Waals surface area contributed by atoms with Crippen molar-refractivity contribution in [3.05, 3.63) is 114 Å². The normalized spacial score (nSPS) is 11.5. The Morgan fingerprint density at radius 2 is 1.44 bits per heavy atom. The maximum atomic E-state index is 13.8. The Morgan fingerprint density at radius 1 is 0.814 bits per heavy atom. The predicted molar refractivity (Wildman–Crippen MR) is 171 cm³/mol. The number of benzene rings is 4. The van der Waals surface area contributed by atoms with E-state index in [1.165, 1.54) is 12.1 Å². The monoisotopic (exact) mass is 599 g/mol. The first-order valence-electron chi connectivity index (χ1n) is 14.0. The van der Waals surface area contributed by atoms with Crippen molar-refractivity contribution in [2.24, 2.45) is 0 Å². The molecule has 0 spiro atoms. The van der Waals surface area contributed by atoms with Crippen molar-refractivity contribution in [2.45, 2.75) is 44.9 Å². The standard InChI is InChI=1S/C34H37N3O5S/c1-6-42-31-13-8-7-12-30(31)37(43(40,41)29-20-14-24(2)15-21-29)23-32(38)35-27-10-9-11-28(22-27)36-33(39)25-16-18-26(19-17-25)34(3,4)5/h7-22H,6,23H2,1-5H3,(H,35,38)(H,36,39). The molecule has 0 aromatic heterocycles. The highest BCUT2D eigenvalue weighted by atomic mass is 32.2. The van der Waals surface area contributed by atoms with Crippen molar-refractivity contribution in [2.75, 3.05) is 28.1 Å². The van der Waals surface area contributed by atoms with Gasteiger partial charge in [0.25, 0.3) is 15.9 Å². The average Bonchev–Trinajstić information content (AvgIpc) is 2.96. The lowest BCUT2D eigenvalue weighted by atomic mass is 9.87. The van der Waals surface area contributed by atoms with Crippen LogP contribution in [0.3, 0.4) is 0 Å². The van der Waals surface area contributed by atoms with Gasteiger partial charge in [-0.2, -0.15) is 0 Å². The highest BCUT2D eigenvalue weighted by Crippen LogP contribution is 2.33. The summed E-state index contributed by atoms with van der Waals surface area (Å²) < 4.78 is 34.4. The van der Waals surface area contributed by atoms with Crippen LogP contribution >= 0.6 is 0 Å². The number of nitrogens with one attached hydrogen (secondary N) is 2. The fourth-order valence-electron chi connectivity index (χ4n) is 4.41. The maximum Gasteiger partial charge on any atom is 0.264 e. The molecule has 0 fully saturated rings. The van der Waals surface area contributed by atoms with Gasteiger partial charge in [0.1, 0.15) is 12.3 Å². The molecule has 43 heavy (non-hydrogen) atoms. The molecule has 0 aliphatic rings. The molecule has 2 amide bonds. The molecule has 2 N–H and O–H groups in total. The smallest absolute Gasteiger partial charge is 0.264 e. The molecule has 0 saturated carbocycles. The molecule has 4 aromatic rings. The van der Waals surface area contributed by atoms with Crippen LogP contribution < -0.4 is 19.7 Å². The SMILES string of the molecule is CCOc1ccccc1N(CC(=O)Nc1cccc(NC(=O)c2ccc(C(C)(C)C)cc2)c1)S(=O)(=O)c1ccc(C)cc1.